The molecule has 0 atom stereocenters. The molecule has 0 saturated heterocycles. The number of hydrogen-bond donors (Lipinski definition) is 1. The van der Waals surface area contributed by atoms with E-state index in [1.165, 1.54) is 6.07 Å². The van der Waals surface area contributed by atoms with Crippen LogP contribution in [0.25, 0.3) is 0 Å². The van der Waals surface area contributed by atoms with Crippen LogP contribution in [0.15, 0.2) is 18.2 Å². The summed E-state index contributed by atoms with van der Waals surface area (Å²) in [6.07, 6.45) is -3.84. The Morgan fingerprint density at radius 1 is 1.42 bits per heavy atom. The third-order valence-electron chi connectivity index (χ3n) is 2.21. The second-order valence-electron chi connectivity index (χ2n) is 3.69. The summed E-state index contributed by atoms with van der Waals surface area (Å²) in [6.45, 7) is -2.01. The van der Waals surface area contributed by atoms with Gasteiger partial charge in [-0.15, -0.1) is 0 Å². The van der Waals surface area contributed by atoms with E-state index in [0.29, 0.717) is 0 Å². The van der Waals surface area contributed by atoms with Gasteiger partial charge in [-0.1, -0.05) is 0 Å². The van der Waals surface area contributed by atoms with Crippen LogP contribution in [0.3, 0.4) is 0 Å². The second-order valence-corrected chi connectivity index (χ2v) is 3.69. The molecule has 5 nitrogen and oxygen atoms in total. The van der Waals surface area contributed by atoms with E-state index >= 15 is 0 Å². The summed E-state index contributed by atoms with van der Waals surface area (Å²) in [5, 5.41) is 10.5. The minimum Gasteiger partial charge on any atom is -0.398 e. The fourth-order valence-corrected chi connectivity index (χ4v) is 1.19. The molecular weight excluding hydrogens is 272 g/mol. The van der Waals surface area contributed by atoms with Crippen LogP contribution in [0, 0.1) is 10.1 Å². The van der Waals surface area contributed by atoms with Crippen molar-refractivity contribution >= 4 is 11.4 Å². The summed E-state index contributed by atoms with van der Waals surface area (Å²) >= 11 is 0. The Kier molecular flexibility index (Phi) is 4.65. The molecule has 106 valence electrons. The van der Waals surface area contributed by atoms with Crippen LogP contribution in [-0.4, -0.2) is 23.9 Å². The van der Waals surface area contributed by atoms with Crippen molar-refractivity contribution in [2.45, 2.75) is 19.0 Å². The minimum absolute atomic E-state index is 0.0827. The van der Waals surface area contributed by atoms with Gasteiger partial charge in [-0.25, -0.2) is 8.78 Å². The number of benzene rings is 1. The van der Waals surface area contributed by atoms with Crippen molar-refractivity contribution in [3.8, 4) is 0 Å². The van der Waals surface area contributed by atoms with E-state index in [0.717, 1.165) is 12.1 Å². The number of ether oxygens (including phenoxy) is 1. The number of alkyl halides is 4. The van der Waals surface area contributed by atoms with Gasteiger partial charge in [0, 0.05) is 23.4 Å². The van der Waals surface area contributed by atoms with Crippen molar-refractivity contribution in [2.75, 3.05) is 12.3 Å². The second kappa shape index (κ2) is 5.83. The van der Waals surface area contributed by atoms with Gasteiger partial charge >= 0.3 is 12.3 Å². The smallest absolute Gasteiger partial charge is 0.330 e. The average Bonchev–Trinajstić information content (AvgIpc) is 2.30. The molecule has 0 amide bonds. The number of nitrogen functional groups attached to an aromatic ring is 1. The highest BCUT2D eigenvalue weighted by Crippen LogP contribution is 2.25. The van der Waals surface area contributed by atoms with E-state index in [2.05, 4.69) is 4.74 Å². The summed E-state index contributed by atoms with van der Waals surface area (Å²) in [4.78, 5) is 9.79. The van der Waals surface area contributed by atoms with Crippen LogP contribution in [-0.2, 0) is 11.3 Å². The van der Waals surface area contributed by atoms with Gasteiger partial charge < -0.3 is 10.5 Å². The Labute approximate surface area is 105 Å². The van der Waals surface area contributed by atoms with Crippen LogP contribution in [0.1, 0.15) is 5.56 Å². The number of halogens is 4. The van der Waals surface area contributed by atoms with Gasteiger partial charge in [-0.05, 0) is 6.07 Å². The Morgan fingerprint density at radius 3 is 2.58 bits per heavy atom. The van der Waals surface area contributed by atoms with Gasteiger partial charge in [-0.2, -0.15) is 8.78 Å². The SMILES string of the molecule is Nc1ccc([N+](=O)[O-])cc1COCC(F)(F)C(F)F. The lowest BCUT2D eigenvalue weighted by Crippen LogP contribution is -2.32. The molecular formula is C10H10F4N2O3. The zero-order chi connectivity index (χ0) is 14.6. The topological polar surface area (TPSA) is 78.4 Å². The molecule has 0 aliphatic heterocycles. The van der Waals surface area contributed by atoms with Gasteiger partial charge in [0.05, 0.1) is 11.5 Å². The zero-order valence-corrected chi connectivity index (χ0v) is 9.48. The predicted molar refractivity (Wildman–Crippen MR) is 58.1 cm³/mol. The Hall–Kier alpha value is -1.90. The normalized spacial score (nSPS) is 11.8. The van der Waals surface area contributed by atoms with Crippen molar-refractivity contribution in [3.63, 3.8) is 0 Å². The Balaban J connectivity index is 2.68. The summed E-state index contributed by atoms with van der Waals surface area (Å²) in [5.74, 6) is -4.27. The molecule has 0 heterocycles. The minimum atomic E-state index is -4.27. The first-order valence-electron chi connectivity index (χ1n) is 5.00. The zero-order valence-electron chi connectivity index (χ0n) is 9.48. The van der Waals surface area contributed by atoms with Crippen molar-refractivity contribution in [3.05, 3.63) is 33.9 Å². The number of anilines is 1. The lowest BCUT2D eigenvalue weighted by molar-refractivity contribution is -0.384. The third kappa shape index (κ3) is 4.05. The van der Waals surface area contributed by atoms with E-state index in [9.17, 15) is 27.7 Å². The van der Waals surface area contributed by atoms with Gasteiger partial charge in [0.1, 0.15) is 6.61 Å². The van der Waals surface area contributed by atoms with Crippen molar-refractivity contribution in [1.82, 2.24) is 0 Å². The molecule has 0 saturated carbocycles. The monoisotopic (exact) mass is 282 g/mol. The van der Waals surface area contributed by atoms with Crippen molar-refractivity contribution in [2.24, 2.45) is 0 Å². The average molecular weight is 282 g/mol. The van der Waals surface area contributed by atoms with Gasteiger partial charge in [0.15, 0.2) is 0 Å². The molecule has 0 aliphatic carbocycles. The fraction of sp³-hybridized carbons (Fsp3) is 0.400. The number of nitrogens with two attached hydrogens (primary N) is 1. The first kappa shape index (κ1) is 15.2. The van der Waals surface area contributed by atoms with Crippen molar-refractivity contribution < 1.29 is 27.2 Å². The number of nitro groups is 1. The quantitative estimate of drug-likeness (QED) is 0.376. The van der Waals surface area contributed by atoms with Gasteiger partial charge in [-0.3, -0.25) is 10.1 Å². The van der Waals surface area contributed by atoms with Crippen LogP contribution in [0.4, 0.5) is 28.9 Å². The first-order chi connectivity index (χ1) is 8.74. The third-order valence-corrected chi connectivity index (χ3v) is 2.21. The van der Waals surface area contributed by atoms with E-state index in [1.807, 2.05) is 0 Å². The Morgan fingerprint density at radius 2 is 2.05 bits per heavy atom. The highest BCUT2D eigenvalue weighted by atomic mass is 19.3. The van der Waals surface area contributed by atoms with Gasteiger partial charge in [0.2, 0.25) is 0 Å². The highest BCUT2D eigenvalue weighted by molar-refractivity contribution is 5.52. The maximum absolute atomic E-state index is 12.5. The molecule has 1 rings (SSSR count). The fourth-order valence-electron chi connectivity index (χ4n) is 1.19. The molecule has 9 heteroatoms. The van der Waals surface area contributed by atoms with E-state index in [-0.39, 0.29) is 16.9 Å². The van der Waals surface area contributed by atoms with Crippen molar-refractivity contribution in [1.29, 1.82) is 0 Å². The first-order valence-corrected chi connectivity index (χ1v) is 5.00. The molecule has 0 spiro atoms. The number of nitrogens with zero attached hydrogens (tertiary/aromatic N) is 1. The molecule has 0 unspecified atom stereocenters. The maximum Gasteiger partial charge on any atom is 0.330 e. The summed E-state index contributed by atoms with van der Waals surface area (Å²) in [7, 11) is 0. The summed E-state index contributed by atoms with van der Waals surface area (Å²) in [5.41, 5.74) is 5.33. The molecule has 0 bridgehead atoms. The molecule has 1 aromatic rings. The highest BCUT2D eigenvalue weighted by Gasteiger charge is 2.40. The largest absolute Gasteiger partial charge is 0.398 e. The predicted octanol–water partition coefficient (Wildman–Crippen LogP) is 2.59. The van der Waals surface area contributed by atoms with Crippen LogP contribution in [0.2, 0.25) is 0 Å². The standard InChI is InChI=1S/C10H10F4N2O3/c11-9(12)10(13,14)5-19-4-6-3-7(16(17)18)1-2-8(6)15/h1-3,9H,4-5,15H2. The number of hydrogen-bond acceptors (Lipinski definition) is 4. The van der Waals surface area contributed by atoms with E-state index < -0.39 is 30.5 Å². The van der Waals surface area contributed by atoms with Crippen LogP contribution in [0.5, 0.6) is 0 Å². The van der Waals surface area contributed by atoms with E-state index in [4.69, 9.17) is 5.73 Å². The maximum atomic E-state index is 12.5. The summed E-state index contributed by atoms with van der Waals surface area (Å²) in [6, 6.07) is 3.38. The van der Waals surface area contributed by atoms with Crippen LogP contribution < -0.4 is 5.73 Å². The molecule has 1 aromatic carbocycles. The molecule has 2 N–H and O–H groups in total. The molecule has 19 heavy (non-hydrogen) atoms. The Bertz CT molecular complexity index is 468. The molecule has 0 radical (unpaired) electrons. The summed E-state index contributed by atoms with van der Waals surface area (Å²) < 4.78 is 53.2. The lowest BCUT2D eigenvalue weighted by Gasteiger charge is -2.15. The van der Waals surface area contributed by atoms with Gasteiger partial charge in [0.25, 0.3) is 5.69 Å². The lowest BCUT2D eigenvalue weighted by atomic mass is 10.1. The number of nitro benzene ring substituents is 1. The van der Waals surface area contributed by atoms with E-state index in [1.54, 1.807) is 0 Å². The molecule has 0 aliphatic rings. The molecule has 0 fully saturated rings. The molecule has 0 aromatic heterocycles. The number of rotatable bonds is 6. The van der Waals surface area contributed by atoms with Crippen LogP contribution >= 0.6 is 0 Å². The number of non-ortho nitro benzene ring substituents is 1.